The molecule has 5 nitrogen and oxygen atoms in total. The van der Waals surface area contributed by atoms with Gasteiger partial charge in [0.1, 0.15) is 0 Å². The van der Waals surface area contributed by atoms with Gasteiger partial charge in [-0.1, -0.05) is 52.9 Å². The number of thioether (sulfide) groups is 1. The van der Waals surface area contributed by atoms with Gasteiger partial charge in [-0.15, -0.1) is 10.2 Å². The summed E-state index contributed by atoms with van der Waals surface area (Å²) >= 11 is 8.87. The van der Waals surface area contributed by atoms with Crippen LogP contribution < -0.4 is 10.6 Å². The van der Waals surface area contributed by atoms with E-state index in [0.717, 1.165) is 15.0 Å². The van der Waals surface area contributed by atoms with Gasteiger partial charge >= 0.3 is 0 Å². The fourth-order valence-corrected chi connectivity index (χ4v) is 3.61. The molecule has 0 aliphatic carbocycles. The molecule has 0 unspecified atom stereocenters. The van der Waals surface area contributed by atoms with E-state index in [1.54, 1.807) is 7.05 Å². The van der Waals surface area contributed by atoms with E-state index in [2.05, 4.69) is 20.8 Å². The molecule has 0 spiro atoms. The molecule has 1 atom stereocenters. The Bertz CT molecular complexity index is 620. The van der Waals surface area contributed by atoms with Crippen molar-refractivity contribution in [2.24, 2.45) is 0 Å². The van der Waals surface area contributed by atoms with Crippen LogP contribution in [-0.2, 0) is 11.3 Å². The Morgan fingerprint density at radius 2 is 2.19 bits per heavy atom. The average molecular weight is 343 g/mol. The van der Waals surface area contributed by atoms with Crippen molar-refractivity contribution in [3.63, 3.8) is 0 Å². The van der Waals surface area contributed by atoms with Crippen LogP contribution in [-0.4, -0.2) is 28.4 Å². The fraction of sp³-hybridized carbons (Fsp3) is 0.308. The smallest absolute Gasteiger partial charge is 0.233 e. The Balaban J connectivity index is 1.86. The largest absolute Gasteiger partial charge is 0.363 e. The number of carbonyl (C=O) groups is 1. The summed E-state index contributed by atoms with van der Waals surface area (Å²) in [4.78, 5) is 12.1. The highest BCUT2D eigenvalue weighted by atomic mass is 35.5. The molecular formula is C13H15ClN4OS2. The maximum absolute atomic E-state index is 12.1. The Morgan fingerprint density at radius 1 is 1.43 bits per heavy atom. The van der Waals surface area contributed by atoms with Crippen LogP contribution >= 0.6 is 34.7 Å². The van der Waals surface area contributed by atoms with Crippen molar-refractivity contribution in [3.05, 3.63) is 34.9 Å². The van der Waals surface area contributed by atoms with E-state index in [1.807, 2.05) is 31.2 Å². The molecule has 1 aromatic heterocycles. The van der Waals surface area contributed by atoms with Crippen molar-refractivity contribution in [2.45, 2.75) is 23.1 Å². The number of carbonyl (C=O) groups excluding carboxylic acids is 1. The van der Waals surface area contributed by atoms with Crippen LogP contribution in [0.4, 0.5) is 5.13 Å². The predicted molar refractivity (Wildman–Crippen MR) is 88.1 cm³/mol. The second-order valence-corrected chi connectivity index (χ2v) is 7.17. The van der Waals surface area contributed by atoms with Crippen molar-refractivity contribution in [1.82, 2.24) is 15.5 Å². The number of hydrogen-bond donors (Lipinski definition) is 2. The van der Waals surface area contributed by atoms with E-state index in [9.17, 15) is 4.79 Å². The maximum Gasteiger partial charge on any atom is 0.233 e. The third-order valence-corrected chi connectivity index (χ3v) is 5.17. The van der Waals surface area contributed by atoms with Gasteiger partial charge in [0.05, 0.1) is 5.25 Å². The van der Waals surface area contributed by atoms with Gasteiger partial charge in [0.25, 0.3) is 0 Å². The number of rotatable bonds is 6. The summed E-state index contributed by atoms with van der Waals surface area (Å²) in [6.45, 7) is 2.26. The van der Waals surface area contributed by atoms with Crippen LogP contribution in [0.5, 0.6) is 0 Å². The van der Waals surface area contributed by atoms with E-state index in [0.29, 0.717) is 11.6 Å². The van der Waals surface area contributed by atoms with Crippen molar-refractivity contribution in [3.8, 4) is 0 Å². The monoisotopic (exact) mass is 342 g/mol. The molecule has 0 aliphatic rings. The number of aromatic nitrogens is 2. The third-order valence-electron chi connectivity index (χ3n) is 2.68. The topological polar surface area (TPSA) is 66.9 Å². The van der Waals surface area contributed by atoms with Gasteiger partial charge in [0, 0.05) is 18.6 Å². The fourth-order valence-electron chi connectivity index (χ4n) is 1.53. The minimum Gasteiger partial charge on any atom is -0.363 e. The molecular weight excluding hydrogens is 328 g/mol. The van der Waals surface area contributed by atoms with E-state index in [4.69, 9.17) is 11.6 Å². The van der Waals surface area contributed by atoms with Gasteiger partial charge in [0.2, 0.25) is 11.0 Å². The summed E-state index contributed by atoms with van der Waals surface area (Å²) in [5, 5.41) is 14.9. The maximum atomic E-state index is 12.1. The summed E-state index contributed by atoms with van der Waals surface area (Å²) in [7, 11) is 1.79. The summed E-state index contributed by atoms with van der Waals surface area (Å²) in [6, 6.07) is 7.46. The number of nitrogens with zero attached hydrogens (tertiary/aromatic N) is 2. The van der Waals surface area contributed by atoms with Crippen molar-refractivity contribution in [2.75, 3.05) is 12.4 Å². The molecule has 0 saturated heterocycles. The molecule has 0 bridgehead atoms. The number of amides is 1. The molecule has 21 heavy (non-hydrogen) atoms. The number of halogens is 1. The van der Waals surface area contributed by atoms with Crippen LogP contribution in [0, 0.1) is 0 Å². The molecule has 8 heteroatoms. The molecule has 2 aromatic rings. The quantitative estimate of drug-likeness (QED) is 0.790. The number of anilines is 1. The van der Waals surface area contributed by atoms with Gasteiger partial charge in [-0.25, -0.2) is 0 Å². The van der Waals surface area contributed by atoms with Gasteiger partial charge in [-0.2, -0.15) is 0 Å². The normalized spacial score (nSPS) is 12.0. The lowest BCUT2D eigenvalue weighted by Crippen LogP contribution is -2.30. The molecule has 0 fully saturated rings. The van der Waals surface area contributed by atoms with E-state index < -0.39 is 0 Å². The Kier molecular flexibility index (Phi) is 5.84. The van der Waals surface area contributed by atoms with Gasteiger partial charge in [-0.05, 0) is 18.6 Å². The van der Waals surface area contributed by atoms with E-state index in [1.165, 1.54) is 23.1 Å². The molecule has 1 amide bonds. The second-order valence-electron chi connectivity index (χ2n) is 4.19. The Hall–Kier alpha value is -1.31. The number of benzene rings is 1. The van der Waals surface area contributed by atoms with Gasteiger partial charge < -0.3 is 10.6 Å². The zero-order valence-corrected chi connectivity index (χ0v) is 14.0. The van der Waals surface area contributed by atoms with Crippen LogP contribution in [0.1, 0.15) is 12.5 Å². The van der Waals surface area contributed by atoms with E-state index in [-0.39, 0.29) is 11.2 Å². The van der Waals surface area contributed by atoms with Crippen LogP contribution in [0.3, 0.4) is 0 Å². The summed E-state index contributed by atoms with van der Waals surface area (Å²) in [5.41, 5.74) is 0.901. The molecule has 0 aliphatic heterocycles. The molecule has 0 radical (unpaired) electrons. The first-order valence-corrected chi connectivity index (χ1v) is 8.36. The standard InChI is InChI=1S/C13H15ClN4OS2/c1-8(20-13-18-17-12(15-2)21-13)11(19)16-7-9-5-3-4-6-10(9)14/h3-6,8H,7H2,1-2H3,(H,15,17)(H,16,19)/t8-/m0/s1. The minimum atomic E-state index is -0.245. The lowest BCUT2D eigenvalue weighted by atomic mass is 10.2. The second kappa shape index (κ2) is 7.63. The molecule has 1 aromatic carbocycles. The molecule has 112 valence electrons. The van der Waals surface area contributed by atoms with Crippen molar-refractivity contribution >= 4 is 45.7 Å². The third kappa shape index (κ3) is 4.59. The molecule has 2 N–H and O–H groups in total. The highest BCUT2D eigenvalue weighted by molar-refractivity contribution is 8.02. The van der Waals surface area contributed by atoms with Gasteiger partial charge in [-0.3, -0.25) is 4.79 Å². The zero-order valence-electron chi connectivity index (χ0n) is 11.6. The van der Waals surface area contributed by atoms with E-state index >= 15 is 0 Å². The first-order valence-electron chi connectivity index (χ1n) is 6.29. The molecule has 1 heterocycles. The lowest BCUT2D eigenvalue weighted by molar-refractivity contribution is -0.120. The first-order chi connectivity index (χ1) is 10.1. The van der Waals surface area contributed by atoms with Crippen molar-refractivity contribution < 1.29 is 4.79 Å². The highest BCUT2D eigenvalue weighted by Gasteiger charge is 2.17. The Labute approximate surface area is 136 Å². The molecule has 2 rings (SSSR count). The van der Waals surface area contributed by atoms with Crippen LogP contribution in [0.15, 0.2) is 28.6 Å². The average Bonchev–Trinajstić information content (AvgIpc) is 2.93. The van der Waals surface area contributed by atoms with Gasteiger partial charge in [0.15, 0.2) is 4.34 Å². The number of nitrogens with one attached hydrogen (secondary N) is 2. The summed E-state index contributed by atoms with van der Waals surface area (Å²) in [6.07, 6.45) is 0. The van der Waals surface area contributed by atoms with Crippen molar-refractivity contribution in [1.29, 1.82) is 0 Å². The zero-order chi connectivity index (χ0) is 15.2. The number of hydrogen-bond acceptors (Lipinski definition) is 6. The van der Waals surface area contributed by atoms with Crippen LogP contribution in [0.2, 0.25) is 5.02 Å². The lowest BCUT2D eigenvalue weighted by Gasteiger charge is -2.11. The highest BCUT2D eigenvalue weighted by Crippen LogP contribution is 2.28. The minimum absolute atomic E-state index is 0.0545. The molecule has 0 saturated carbocycles. The SMILES string of the molecule is CNc1nnc(S[C@@H](C)C(=O)NCc2ccccc2Cl)s1. The summed E-state index contributed by atoms with van der Waals surface area (Å²) < 4.78 is 0.764. The van der Waals surface area contributed by atoms with Crippen LogP contribution in [0.25, 0.3) is 0 Å². The Morgan fingerprint density at radius 3 is 2.86 bits per heavy atom. The predicted octanol–water partition coefficient (Wildman–Crippen LogP) is 3.03. The first kappa shape index (κ1) is 16.1. The summed E-state index contributed by atoms with van der Waals surface area (Å²) in [5.74, 6) is -0.0545.